The molecule has 1 amide bonds. The fourth-order valence-electron chi connectivity index (χ4n) is 2.56. The fourth-order valence-corrected chi connectivity index (χ4v) is 2.84. The summed E-state index contributed by atoms with van der Waals surface area (Å²) in [4.78, 5) is 12.0. The van der Waals surface area contributed by atoms with E-state index in [9.17, 15) is 22.4 Å². The first-order valence-electron chi connectivity index (χ1n) is 8.64. The van der Waals surface area contributed by atoms with Gasteiger partial charge in [0, 0.05) is 11.6 Å². The Morgan fingerprint density at radius 1 is 1.29 bits per heavy atom. The molecule has 3 aromatic rings. The molecule has 0 fully saturated rings. The van der Waals surface area contributed by atoms with Gasteiger partial charge in [-0.05, 0) is 53.2 Å². The topological polar surface area (TPSA) is 102 Å². The number of benzene rings is 2. The summed E-state index contributed by atoms with van der Waals surface area (Å²) in [6.45, 7) is 1.16. The molecule has 1 atom stereocenters. The van der Waals surface area contributed by atoms with Gasteiger partial charge in [-0.2, -0.15) is 17.9 Å². The second kappa shape index (κ2) is 8.86. The van der Waals surface area contributed by atoms with Gasteiger partial charge in [0.05, 0.1) is 23.4 Å². The number of aromatic nitrogens is 4. The third-order valence-corrected chi connectivity index (χ3v) is 4.26. The predicted molar refractivity (Wildman–Crippen MR) is 100 cm³/mol. The van der Waals surface area contributed by atoms with Crippen molar-refractivity contribution in [3.63, 3.8) is 0 Å². The molecular weight excluding hydrogens is 446 g/mol. The number of alkyl halides is 3. The molecule has 0 radical (unpaired) electrons. The molecule has 0 saturated heterocycles. The normalized spacial score (nSPS) is 12.5. The number of halogens is 5. The van der Waals surface area contributed by atoms with Crippen molar-refractivity contribution in [2.24, 2.45) is 0 Å². The Labute approximate surface area is 177 Å². The van der Waals surface area contributed by atoms with E-state index < -0.39 is 30.0 Å². The van der Waals surface area contributed by atoms with Crippen molar-refractivity contribution in [3.8, 4) is 22.6 Å². The van der Waals surface area contributed by atoms with Gasteiger partial charge in [-0.3, -0.25) is 0 Å². The van der Waals surface area contributed by atoms with Gasteiger partial charge in [0.25, 0.3) is 5.82 Å². The van der Waals surface area contributed by atoms with Crippen LogP contribution in [0.1, 0.15) is 12.7 Å². The largest absolute Gasteiger partial charge is 0.453 e. The van der Waals surface area contributed by atoms with E-state index in [1.807, 2.05) is 0 Å². The van der Waals surface area contributed by atoms with Crippen LogP contribution in [0.4, 0.5) is 22.4 Å². The van der Waals surface area contributed by atoms with Gasteiger partial charge < -0.3 is 15.2 Å². The Hall–Kier alpha value is -3.25. The van der Waals surface area contributed by atoms with E-state index in [-0.39, 0.29) is 34.2 Å². The van der Waals surface area contributed by atoms with Crippen LogP contribution in [0.2, 0.25) is 5.02 Å². The maximum atomic E-state index is 13.4. The van der Waals surface area contributed by atoms with Gasteiger partial charge in [-0.25, -0.2) is 9.18 Å². The molecule has 0 bridgehead atoms. The van der Waals surface area contributed by atoms with Crippen LogP contribution in [0.5, 0.6) is 5.75 Å². The number of tetrazole rings is 1. The summed E-state index contributed by atoms with van der Waals surface area (Å²) in [6.07, 6.45) is -5.82. The molecule has 0 aliphatic rings. The van der Waals surface area contributed by atoms with Gasteiger partial charge in [0.2, 0.25) is 0 Å². The lowest BCUT2D eigenvalue weighted by Crippen LogP contribution is -2.37. The Morgan fingerprint density at radius 2 is 2.03 bits per heavy atom. The SMILES string of the molecule is C[C@@H](CO)NC(=O)Oc1cc(-c2ccc(F)cc2Cl)cc(-n2nnnc2C(F)(F)F)c1. The molecule has 164 valence electrons. The zero-order chi connectivity index (χ0) is 22.8. The second-order valence-electron chi connectivity index (χ2n) is 6.37. The monoisotopic (exact) mass is 459 g/mol. The van der Waals surface area contributed by atoms with E-state index in [4.69, 9.17) is 21.4 Å². The van der Waals surface area contributed by atoms with Crippen LogP contribution < -0.4 is 10.1 Å². The summed E-state index contributed by atoms with van der Waals surface area (Å²) < 4.78 is 58.7. The minimum absolute atomic E-state index is 0.0192. The van der Waals surface area contributed by atoms with Crippen LogP contribution in [0.15, 0.2) is 36.4 Å². The molecule has 1 heterocycles. The van der Waals surface area contributed by atoms with Crippen molar-refractivity contribution in [1.82, 2.24) is 25.5 Å². The Balaban J connectivity index is 2.11. The van der Waals surface area contributed by atoms with Gasteiger partial charge >= 0.3 is 12.3 Å². The average Bonchev–Trinajstić information content (AvgIpc) is 3.18. The van der Waals surface area contributed by atoms with Crippen molar-refractivity contribution in [2.75, 3.05) is 6.61 Å². The quantitative estimate of drug-likeness (QED) is 0.565. The van der Waals surface area contributed by atoms with Gasteiger partial charge in [-0.1, -0.05) is 11.6 Å². The maximum absolute atomic E-state index is 13.4. The van der Waals surface area contributed by atoms with Gasteiger partial charge in [0.1, 0.15) is 11.6 Å². The number of ether oxygens (including phenoxy) is 1. The number of hydrogen-bond donors (Lipinski definition) is 2. The lowest BCUT2D eigenvalue weighted by molar-refractivity contribution is -0.146. The molecule has 13 heteroatoms. The second-order valence-corrected chi connectivity index (χ2v) is 6.78. The van der Waals surface area contributed by atoms with Crippen LogP contribution in [0.3, 0.4) is 0 Å². The molecule has 0 spiro atoms. The molecule has 3 rings (SSSR count). The Bertz CT molecular complexity index is 1110. The molecule has 8 nitrogen and oxygen atoms in total. The molecule has 2 N–H and O–H groups in total. The number of aliphatic hydroxyl groups is 1. The van der Waals surface area contributed by atoms with Crippen LogP contribution in [0, 0.1) is 5.82 Å². The molecule has 0 aliphatic carbocycles. The van der Waals surface area contributed by atoms with E-state index in [1.54, 1.807) is 0 Å². The summed E-state index contributed by atoms with van der Waals surface area (Å²) in [6, 6.07) is 6.53. The highest BCUT2D eigenvalue weighted by atomic mass is 35.5. The lowest BCUT2D eigenvalue weighted by Gasteiger charge is -2.14. The Morgan fingerprint density at radius 3 is 2.68 bits per heavy atom. The summed E-state index contributed by atoms with van der Waals surface area (Å²) in [5.74, 6) is -2.18. The van der Waals surface area contributed by atoms with Crippen molar-refractivity contribution < 1.29 is 32.2 Å². The third-order valence-electron chi connectivity index (χ3n) is 3.95. The number of carbonyl (C=O) groups excluding carboxylic acids is 1. The highest BCUT2D eigenvalue weighted by Gasteiger charge is 2.38. The van der Waals surface area contributed by atoms with Crippen LogP contribution in [-0.4, -0.2) is 44.1 Å². The highest BCUT2D eigenvalue weighted by molar-refractivity contribution is 6.33. The summed E-state index contributed by atoms with van der Waals surface area (Å²) in [5, 5.41) is 20.7. The highest BCUT2D eigenvalue weighted by Crippen LogP contribution is 2.35. The van der Waals surface area contributed by atoms with Gasteiger partial charge in [0.15, 0.2) is 0 Å². The summed E-state index contributed by atoms with van der Waals surface area (Å²) in [7, 11) is 0. The maximum Gasteiger partial charge on any atom is 0.453 e. The van der Waals surface area contributed by atoms with E-state index in [0.717, 1.165) is 18.2 Å². The third kappa shape index (κ3) is 5.27. The first-order chi connectivity index (χ1) is 14.6. The smallest absolute Gasteiger partial charge is 0.410 e. The van der Waals surface area contributed by atoms with Crippen LogP contribution in [-0.2, 0) is 6.18 Å². The zero-order valence-electron chi connectivity index (χ0n) is 15.7. The standard InChI is InChI=1S/C18H14ClF4N5O3/c1-9(8-29)24-17(30)31-13-5-10(14-3-2-11(20)6-15(14)19)4-12(7-13)28-16(18(21,22)23)25-26-27-28/h2-7,9,29H,8H2,1H3,(H,24,30)/t9-/m0/s1. The van der Waals surface area contributed by atoms with Crippen molar-refractivity contribution in [3.05, 3.63) is 53.1 Å². The minimum atomic E-state index is -4.86. The van der Waals surface area contributed by atoms with Crippen molar-refractivity contribution >= 4 is 17.7 Å². The number of nitrogens with zero attached hydrogens (tertiary/aromatic N) is 4. The summed E-state index contributed by atoms with van der Waals surface area (Å²) in [5.41, 5.74) is 0.290. The Kier molecular flexibility index (Phi) is 6.41. The first kappa shape index (κ1) is 22.4. The van der Waals surface area contributed by atoms with Gasteiger partial charge in [-0.15, -0.1) is 5.10 Å². The van der Waals surface area contributed by atoms with Crippen molar-refractivity contribution in [2.45, 2.75) is 19.1 Å². The molecule has 0 saturated carbocycles. The number of rotatable bonds is 5. The van der Waals surface area contributed by atoms with E-state index in [2.05, 4.69) is 20.8 Å². The van der Waals surface area contributed by atoms with E-state index in [1.165, 1.54) is 25.1 Å². The van der Waals surface area contributed by atoms with Crippen molar-refractivity contribution in [1.29, 1.82) is 0 Å². The molecule has 0 unspecified atom stereocenters. The lowest BCUT2D eigenvalue weighted by atomic mass is 10.0. The number of carbonyl (C=O) groups is 1. The molecule has 0 aliphatic heterocycles. The minimum Gasteiger partial charge on any atom is -0.410 e. The molecule has 2 aromatic carbocycles. The number of aliphatic hydroxyl groups excluding tert-OH is 1. The molecular formula is C18H14ClF4N5O3. The number of amides is 1. The summed E-state index contributed by atoms with van der Waals surface area (Å²) >= 11 is 6.08. The zero-order valence-corrected chi connectivity index (χ0v) is 16.4. The fraction of sp³-hybridized carbons (Fsp3) is 0.222. The van der Waals surface area contributed by atoms with Crippen LogP contribution in [0.25, 0.3) is 16.8 Å². The number of hydrogen-bond acceptors (Lipinski definition) is 6. The number of nitrogens with one attached hydrogen (secondary N) is 1. The van der Waals surface area contributed by atoms with E-state index in [0.29, 0.717) is 4.68 Å². The van der Waals surface area contributed by atoms with Crippen LogP contribution >= 0.6 is 11.6 Å². The first-order valence-corrected chi connectivity index (χ1v) is 9.02. The predicted octanol–water partition coefficient (Wildman–Crippen LogP) is 3.61. The average molecular weight is 460 g/mol. The molecule has 1 aromatic heterocycles. The molecule has 31 heavy (non-hydrogen) atoms. The van der Waals surface area contributed by atoms with E-state index >= 15 is 0 Å².